The Kier molecular flexibility index (Phi) is 2.90. The molecular formula is C15H18FN. The Morgan fingerprint density at radius 3 is 2.47 bits per heavy atom. The number of hydrogen-bond acceptors (Lipinski definition) is 1. The summed E-state index contributed by atoms with van der Waals surface area (Å²) in [5, 5.41) is 1.01. The lowest BCUT2D eigenvalue weighted by molar-refractivity contribution is 0.473. The average Bonchev–Trinajstić information content (AvgIpc) is 2.28. The van der Waals surface area contributed by atoms with Gasteiger partial charge in [0.15, 0.2) is 0 Å². The minimum Gasteiger partial charge on any atom is -0.253 e. The lowest BCUT2D eigenvalue weighted by Gasteiger charge is -2.25. The van der Waals surface area contributed by atoms with Crippen molar-refractivity contribution < 1.29 is 4.39 Å². The van der Waals surface area contributed by atoms with Gasteiger partial charge < -0.3 is 0 Å². The van der Waals surface area contributed by atoms with Gasteiger partial charge in [0.2, 0.25) is 0 Å². The molecule has 2 aromatic rings. The molecule has 0 radical (unpaired) electrons. The van der Waals surface area contributed by atoms with E-state index in [0.717, 1.165) is 28.6 Å². The first-order chi connectivity index (χ1) is 7.95. The number of pyridine rings is 1. The summed E-state index contributed by atoms with van der Waals surface area (Å²) in [4.78, 5) is 4.51. The molecule has 90 valence electrons. The SMILES string of the molecule is CCC(C)(C)c1c(F)ccc2ccc(C)nc12. The molecule has 0 saturated carbocycles. The number of aromatic nitrogens is 1. The summed E-state index contributed by atoms with van der Waals surface area (Å²) >= 11 is 0. The van der Waals surface area contributed by atoms with Crippen LogP contribution in [0.1, 0.15) is 38.4 Å². The van der Waals surface area contributed by atoms with Gasteiger partial charge >= 0.3 is 0 Å². The van der Waals surface area contributed by atoms with E-state index in [1.165, 1.54) is 0 Å². The summed E-state index contributed by atoms with van der Waals surface area (Å²) in [6, 6.07) is 7.31. The van der Waals surface area contributed by atoms with E-state index in [9.17, 15) is 4.39 Å². The quantitative estimate of drug-likeness (QED) is 0.748. The molecule has 1 aromatic carbocycles. The summed E-state index contributed by atoms with van der Waals surface area (Å²) in [6.07, 6.45) is 0.888. The molecule has 0 aliphatic heterocycles. The zero-order chi connectivity index (χ0) is 12.6. The maximum atomic E-state index is 14.1. The smallest absolute Gasteiger partial charge is 0.129 e. The Labute approximate surface area is 102 Å². The average molecular weight is 231 g/mol. The number of benzene rings is 1. The van der Waals surface area contributed by atoms with Crippen LogP contribution in [0.3, 0.4) is 0 Å². The zero-order valence-electron chi connectivity index (χ0n) is 10.8. The van der Waals surface area contributed by atoms with Gasteiger partial charge in [-0.25, -0.2) is 4.39 Å². The van der Waals surface area contributed by atoms with Crippen molar-refractivity contribution in [2.24, 2.45) is 0 Å². The highest BCUT2D eigenvalue weighted by Gasteiger charge is 2.25. The molecule has 0 bridgehead atoms. The molecule has 0 saturated heterocycles. The van der Waals surface area contributed by atoms with Crippen molar-refractivity contribution in [3.63, 3.8) is 0 Å². The number of hydrogen-bond donors (Lipinski definition) is 0. The van der Waals surface area contributed by atoms with Crippen LogP contribution in [0.15, 0.2) is 24.3 Å². The Morgan fingerprint density at radius 1 is 1.18 bits per heavy atom. The molecule has 17 heavy (non-hydrogen) atoms. The number of fused-ring (bicyclic) bond motifs is 1. The summed E-state index contributed by atoms with van der Waals surface area (Å²) in [6.45, 7) is 8.14. The molecule has 0 aliphatic rings. The highest BCUT2D eigenvalue weighted by molar-refractivity contribution is 5.83. The molecule has 0 aliphatic carbocycles. The van der Waals surface area contributed by atoms with Gasteiger partial charge in [0, 0.05) is 16.6 Å². The van der Waals surface area contributed by atoms with E-state index >= 15 is 0 Å². The van der Waals surface area contributed by atoms with Crippen LogP contribution in [-0.4, -0.2) is 4.98 Å². The van der Waals surface area contributed by atoms with Crippen LogP contribution in [0.5, 0.6) is 0 Å². The van der Waals surface area contributed by atoms with E-state index in [1.54, 1.807) is 12.1 Å². The minimum absolute atomic E-state index is 0.151. The largest absolute Gasteiger partial charge is 0.253 e. The number of aryl methyl sites for hydroxylation is 1. The highest BCUT2D eigenvalue weighted by Crippen LogP contribution is 2.34. The standard InChI is InChI=1S/C15H18FN/c1-5-15(3,4)13-12(16)9-8-11-7-6-10(2)17-14(11)13/h6-9H,5H2,1-4H3. The molecule has 0 amide bonds. The summed E-state index contributed by atoms with van der Waals surface area (Å²) in [5.41, 5.74) is 2.28. The van der Waals surface area contributed by atoms with Crippen LogP contribution >= 0.6 is 0 Å². The van der Waals surface area contributed by atoms with Crippen LogP contribution in [-0.2, 0) is 5.41 Å². The third-order valence-electron chi connectivity index (χ3n) is 3.51. The lowest BCUT2D eigenvalue weighted by atomic mass is 9.80. The first kappa shape index (κ1) is 12.0. The fourth-order valence-corrected chi connectivity index (χ4v) is 2.08. The van der Waals surface area contributed by atoms with Gasteiger partial charge in [0.1, 0.15) is 5.82 Å². The number of rotatable bonds is 2. The molecule has 0 fully saturated rings. The van der Waals surface area contributed by atoms with Crippen molar-refractivity contribution in [2.75, 3.05) is 0 Å². The maximum absolute atomic E-state index is 14.1. The summed E-state index contributed by atoms with van der Waals surface area (Å²) < 4.78 is 14.1. The normalized spacial score (nSPS) is 12.1. The van der Waals surface area contributed by atoms with E-state index in [2.05, 4.69) is 25.8 Å². The number of halogens is 1. The lowest BCUT2D eigenvalue weighted by Crippen LogP contribution is -2.18. The van der Waals surface area contributed by atoms with Crippen molar-refractivity contribution in [3.8, 4) is 0 Å². The molecule has 0 atom stereocenters. The molecule has 0 N–H and O–H groups in total. The molecule has 2 rings (SSSR count). The summed E-state index contributed by atoms with van der Waals surface area (Å²) in [7, 11) is 0. The van der Waals surface area contributed by atoms with Crippen molar-refractivity contribution in [2.45, 2.75) is 39.5 Å². The van der Waals surface area contributed by atoms with Crippen molar-refractivity contribution >= 4 is 10.9 Å². The van der Waals surface area contributed by atoms with Gasteiger partial charge in [0.25, 0.3) is 0 Å². The highest BCUT2D eigenvalue weighted by atomic mass is 19.1. The molecule has 1 heterocycles. The second-order valence-corrected chi connectivity index (χ2v) is 5.18. The molecule has 0 spiro atoms. The Morgan fingerprint density at radius 2 is 1.82 bits per heavy atom. The van der Waals surface area contributed by atoms with Crippen LogP contribution in [0, 0.1) is 12.7 Å². The van der Waals surface area contributed by atoms with Crippen molar-refractivity contribution in [1.82, 2.24) is 4.98 Å². The van der Waals surface area contributed by atoms with Crippen molar-refractivity contribution in [1.29, 1.82) is 0 Å². The predicted octanol–water partition coefficient (Wildman–Crippen LogP) is 4.37. The molecule has 1 nitrogen and oxygen atoms in total. The van der Waals surface area contributed by atoms with Gasteiger partial charge in [-0.05, 0) is 37.0 Å². The van der Waals surface area contributed by atoms with E-state index < -0.39 is 0 Å². The fraction of sp³-hybridized carbons (Fsp3) is 0.400. The third kappa shape index (κ3) is 2.04. The predicted molar refractivity (Wildman–Crippen MR) is 69.8 cm³/mol. The van der Waals surface area contributed by atoms with Gasteiger partial charge in [-0.1, -0.05) is 26.8 Å². The van der Waals surface area contributed by atoms with Gasteiger partial charge in [-0.15, -0.1) is 0 Å². The zero-order valence-corrected chi connectivity index (χ0v) is 10.8. The van der Waals surface area contributed by atoms with E-state index in [4.69, 9.17) is 0 Å². The van der Waals surface area contributed by atoms with Crippen LogP contribution in [0.4, 0.5) is 4.39 Å². The second kappa shape index (κ2) is 4.10. The van der Waals surface area contributed by atoms with Crippen LogP contribution < -0.4 is 0 Å². The third-order valence-corrected chi connectivity index (χ3v) is 3.51. The second-order valence-electron chi connectivity index (χ2n) is 5.18. The summed E-state index contributed by atoms with van der Waals surface area (Å²) in [5.74, 6) is -0.151. The van der Waals surface area contributed by atoms with Crippen LogP contribution in [0.25, 0.3) is 10.9 Å². The molecule has 0 unspecified atom stereocenters. The molecular weight excluding hydrogens is 213 g/mol. The fourth-order valence-electron chi connectivity index (χ4n) is 2.08. The monoisotopic (exact) mass is 231 g/mol. The first-order valence-electron chi connectivity index (χ1n) is 6.02. The maximum Gasteiger partial charge on any atom is 0.129 e. The minimum atomic E-state index is -0.190. The molecule has 2 heteroatoms. The number of nitrogens with zero attached hydrogens (tertiary/aromatic N) is 1. The van der Waals surface area contributed by atoms with Crippen molar-refractivity contribution in [3.05, 3.63) is 41.3 Å². The Balaban J connectivity index is 2.84. The first-order valence-corrected chi connectivity index (χ1v) is 6.02. The van der Waals surface area contributed by atoms with Gasteiger partial charge in [-0.2, -0.15) is 0 Å². The molecule has 1 aromatic heterocycles. The van der Waals surface area contributed by atoms with E-state index in [1.807, 2.05) is 19.1 Å². The van der Waals surface area contributed by atoms with Gasteiger partial charge in [-0.3, -0.25) is 4.98 Å². The van der Waals surface area contributed by atoms with Crippen LogP contribution in [0.2, 0.25) is 0 Å². The van der Waals surface area contributed by atoms with E-state index in [-0.39, 0.29) is 11.2 Å². The Bertz CT molecular complexity index is 553. The van der Waals surface area contributed by atoms with E-state index in [0.29, 0.717) is 0 Å². The van der Waals surface area contributed by atoms with Gasteiger partial charge in [0.05, 0.1) is 5.52 Å². The Hall–Kier alpha value is -1.44. The topological polar surface area (TPSA) is 12.9 Å².